The molecule has 0 aromatic carbocycles. The van der Waals surface area contributed by atoms with E-state index in [0.29, 0.717) is 18.9 Å². The van der Waals surface area contributed by atoms with E-state index < -0.39 is 5.91 Å². The number of hydrogen-bond acceptors (Lipinski definition) is 5. The van der Waals surface area contributed by atoms with Gasteiger partial charge in [-0.05, 0) is 44.7 Å². The van der Waals surface area contributed by atoms with Gasteiger partial charge in [0.05, 0.1) is 18.8 Å². The van der Waals surface area contributed by atoms with Crippen molar-refractivity contribution in [1.82, 2.24) is 10.2 Å². The van der Waals surface area contributed by atoms with Gasteiger partial charge in [-0.3, -0.25) is 4.79 Å². The van der Waals surface area contributed by atoms with Crippen LogP contribution in [0.1, 0.15) is 48.9 Å². The summed E-state index contributed by atoms with van der Waals surface area (Å²) in [6.45, 7) is 6.57. The molecule has 158 valence electrons. The van der Waals surface area contributed by atoms with E-state index in [0.717, 1.165) is 57.9 Å². The van der Waals surface area contributed by atoms with Crippen LogP contribution in [0, 0.1) is 0 Å². The van der Waals surface area contributed by atoms with Gasteiger partial charge < -0.3 is 29.8 Å². The Kier molecular flexibility index (Phi) is 9.52. The third-order valence-corrected chi connectivity index (χ3v) is 4.91. The molecular weight excluding hydrogens is 475 g/mol. The lowest BCUT2D eigenvalue weighted by Crippen LogP contribution is -2.47. The normalized spacial score (nSPS) is 20.8. The van der Waals surface area contributed by atoms with E-state index in [2.05, 4.69) is 15.2 Å². The molecule has 3 N–H and O–H groups in total. The van der Waals surface area contributed by atoms with Crippen LogP contribution in [0.3, 0.4) is 0 Å². The second-order valence-electron chi connectivity index (χ2n) is 6.96. The number of ether oxygens (including phenoxy) is 2. The number of furan rings is 1. The first kappa shape index (κ1) is 23.0. The maximum atomic E-state index is 11.1. The smallest absolute Gasteiger partial charge is 0.284 e. The Bertz CT molecular complexity index is 638. The predicted octanol–water partition coefficient (Wildman–Crippen LogP) is 2.12. The molecule has 1 aromatic rings. The van der Waals surface area contributed by atoms with E-state index >= 15 is 0 Å². The molecular formula is C19H31IN4O4. The molecule has 1 atom stereocenters. The Hall–Kier alpha value is -1.33. The Morgan fingerprint density at radius 3 is 2.75 bits per heavy atom. The number of rotatable bonds is 7. The van der Waals surface area contributed by atoms with Crippen molar-refractivity contribution >= 4 is 35.8 Å². The second-order valence-corrected chi connectivity index (χ2v) is 6.96. The highest BCUT2D eigenvalue weighted by Gasteiger charge is 2.24. The molecule has 28 heavy (non-hydrogen) atoms. The molecule has 2 fully saturated rings. The monoisotopic (exact) mass is 506 g/mol. The molecule has 0 aliphatic carbocycles. The van der Waals surface area contributed by atoms with Crippen LogP contribution in [0.5, 0.6) is 0 Å². The molecule has 1 amide bonds. The SMILES string of the molecule is CCNC(=NCc1ccc(C(N)=O)o1)N1CCC(OCC2CCCO2)CC1.I. The number of nitrogens with two attached hydrogens (primary N) is 1. The number of piperidine rings is 1. The van der Waals surface area contributed by atoms with Crippen LogP contribution in [-0.4, -0.2) is 61.8 Å². The highest BCUT2D eigenvalue weighted by molar-refractivity contribution is 14.0. The highest BCUT2D eigenvalue weighted by Crippen LogP contribution is 2.18. The largest absolute Gasteiger partial charge is 0.454 e. The summed E-state index contributed by atoms with van der Waals surface area (Å²) in [5.41, 5.74) is 5.22. The van der Waals surface area contributed by atoms with Gasteiger partial charge in [0.15, 0.2) is 11.7 Å². The summed E-state index contributed by atoms with van der Waals surface area (Å²) in [6.07, 6.45) is 4.77. The number of halogens is 1. The van der Waals surface area contributed by atoms with Crippen LogP contribution >= 0.6 is 24.0 Å². The number of aliphatic imine (C=N–C) groups is 1. The van der Waals surface area contributed by atoms with E-state index in [1.165, 1.54) is 0 Å². The van der Waals surface area contributed by atoms with Crippen LogP contribution < -0.4 is 11.1 Å². The number of hydrogen-bond donors (Lipinski definition) is 2. The first-order valence-corrected chi connectivity index (χ1v) is 9.80. The lowest BCUT2D eigenvalue weighted by Gasteiger charge is -2.34. The summed E-state index contributed by atoms with van der Waals surface area (Å²) in [4.78, 5) is 18.0. The summed E-state index contributed by atoms with van der Waals surface area (Å²) in [6, 6.07) is 3.31. The fourth-order valence-electron chi connectivity index (χ4n) is 3.43. The number of likely N-dealkylation sites (tertiary alicyclic amines) is 1. The van der Waals surface area contributed by atoms with Crippen molar-refractivity contribution in [2.75, 3.05) is 32.8 Å². The number of amides is 1. The summed E-state index contributed by atoms with van der Waals surface area (Å²) < 4.78 is 17.1. The van der Waals surface area contributed by atoms with Crippen LogP contribution in [0.25, 0.3) is 0 Å². The Morgan fingerprint density at radius 1 is 1.36 bits per heavy atom. The number of primary amides is 1. The van der Waals surface area contributed by atoms with Gasteiger partial charge in [-0.15, -0.1) is 24.0 Å². The first-order chi connectivity index (χ1) is 13.2. The maximum absolute atomic E-state index is 11.1. The van der Waals surface area contributed by atoms with Gasteiger partial charge in [0.25, 0.3) is 5.91 Å². The van der Waals surface area contributed by atoms with Gasteiger partial charge in [0.2, 0.25) is 0 Å². The third-order valence-electron chi connectivity index (χ3n) is 4.91. The average Bonchev–Trinajstić information content (AvgIpc) is 3.36. The molecule has 1 unspecified atom stereocenters. The molecule has 2 aliphatic heterocycles. The molecule has 0 saturated carbocycles. The lowest BCUT2D eigenvalue weighted by molar-refractivity contribution is -0.0367. The fraction of sp³-hybridized carbons (Fsp3) is 0.684. The lowest BCUT2D eigenvalue weighted by atomic mass is 10.1. The standard InChI is InChI=1S/C19H30N4O4.HI/c1-2-21-19(22-12-15-5-6-17(27-15)18(20)24)23-9-7-14(8-10-23)26-13-16-4-3-11-25-16;/h5-6,14,16H,2-4,7-13H2,1H3,(H2,20,24)(H,21,22);1H. The number of carbonyl (C=O) groups excluding carboxylic acids is 1. The van der Waals surface area contributed by atoms with Crippen molar-refractivity contribution in [1.29, 1.82) is 0 Å². The fourth-order valence-corrected chi connectivity index (χ4v) is 3.43. The molecule has 9 heteroatoms. The van der Waals surface area contributed by atoms with Crippen LogP contribution in [0.15, 0.2) is 21.5 Å². The summed E-state index contributed by atoms with van der Waals surface area (Å²) >= 11 is 0. The quantitative estimate of drug-likeness (QED) is 0.334. The van der Waals surface area contributed by atoms with Gasteiger partial charge >= 0.3 is 0 Å². The number of nitrogens with zero attached hydrogens (tertiary/aromatic N) is 2. The van der Waals surface area contributed by atoms with E-state index in [4.69, 9.17) is 19.6 Å². The van der Waals surface area contributed by atoms with Crippen molar-refractivity contribution in [2.45, 2.75) is 51.4 Å². The Labute approximate surface area is 183 Å². The van der Waals surface area contributed by atoms with Crippen molar-refractivity contribution in [3.63, 3.8) is 0 Å². The van der Waals surface area contributed by atoms with Crippen molar-refractivity contribution in [3.8, 4) is 0 Å². The zero-order valence-corrected chi connectivity index (χ0v) is 18.7. The van der Waals surface area contributed by atoms with Crippen LogP contribution in [0.4, 0.5) is 0 Å². The minimum absolute atomic E-state index is 0. The third kappa shape index (κ3) is 6.63. The van der Waals surface area contributed by atoms with Crippen molar-refractivity contribution in [3.05, 3.63) is 23.7 Å². The van der Waals surface area contributed by atoms with Gasteiger partial charge in [-0.1, -0.05) is 0 Å². The predicted molar refractivity (Wildman–Crippen MR) is 117 cm³/mol. The molecule has 1 aromatic heterocycles. The topological polar surface area (TPSA) is 102 Å². The Morgan fingerprint density at radius 2 is 2.14 bits per heavy atom. The second kappa shape index (κ2) is 11.6. The van der Waals surface area contributed by atoms with Gasteiger partial charge in [-0.2, -0.15) is 0 Å². The zero-order chi connectivity index (χ0) is 19.1. The minimum Gasteiger partial charge on any atom is -0.454 e. The molecule has 2 saturated heterocycles. The minimum atomic E-state index is -0.567. The van der Waals surface area contributed by atoms with E-state index in [1.807, 2.05) is 6.92 Å². The first-order valence-electron chi connectivity index (χ1n) is 9.80. The van der Waals surface area contributed by atoms with Crippen LogP contribution in [0.2, 0.25) is 0 Å². The van der Waals surface area contributed by atoms with Crippen molar-refractivity contribution in [2.24, 2.45) is 10.7 Å². The number of nitrogens with one attached hydrogen (secondary N) is 1. The zero-order valence-electron chi connectivity index (χ0n) is 16.4. The van der Waals surface area contributed by atoms with Gasteiger partial charge in [0, 0.05) is 26.2 Å². The van der Waals surface area contributed by atoms with Crippen molar-refractivity contribution < 1.29 is 18.7 Å². The van der Waals surface area contributed by atoms with Gasteiger partial charge in [0.1, 0.15) is 12.3 Å². The van der Waals surface area contributed by atoms with E-state index in [-0.39, 0.29) is 41.9 Å². The molecule has 2 aliphatic rings. The van der Waals surface area contributed by atoms with E-state index in [9.17, 15) is 4.79 Å². The molecule has 0 bridgehead atoms. The molecule has 3 heterocycles. The van der Waals surface area contributed by atoms with E-state index in [1.54, 1.807) is 12.1 Å². The van der Waals surface area contributed by atoms with Crippen LogP contribution in [-0.2, 0) is 16.0 Å². The molecule has 0 spiro atoms. The number of guanidine groups is 1. The summed E-state index contributed by atoms with van der Waals surface area (Å²) in [5.74, 6) is 1.07. The van der Waals surface area contributed by atoms with Gasteiger partial charge in [-0.25, -0.2) is 4.99 Å². The average molecular weight is 506 g/mol. The Balaban J connectivity index is 0.00000280. The summed E-state index contributed by atoms with van der Waals surface area (Å²) in [7, 11) is 0. The molecule has 3 rings (SSSR count). The molecule has 8 nitrogen and oxygen atoms in total. The summed E-state index contributed by atoms with van der Waals surface area (Å²) in [5, 5.41) is 3.33. The number of carbonyl (C=O) groups is 1. The maximum Gasteiger partial charge on any atom is 0.284 e. The molecule has 0 radical (unpaired) electrons. The highest BCUT2D eigenvalue weighted by atomic mass is 127.